The fourth-order valence-electron chi connectivity index (χ4n) is 1.97. The number of hydrogen-bond donors (Lipinski definition) is 1. The molecular weight excluding hydrogens is 225 g/mol. The number of aryl methyl sites for hydroxylation is 1. The normalized spacial score (nSPS) is 20.6. The van der Waals surface area contributed by atoms with E-state index in [1.54, 1.807) is 6.07 Å². The second kappa shape index (κ2) is 4.45. The summed E-state index contributed by atoms with van der Waals surface area (Å²) in [5.41, 5.74) is 1.25. The van der Waals surface area contributed by atoms with Crippen LogP contribution in [0, 0.1) is 18.7 Å². The molecular formula is C12H14FNOS. The maximum absolute atomic E-state index is 13.7. The van der Waals surface area contributed by atoms with Crippen LogP contribution in [-0.4, -0.2) is 18.2 Å². The van der Waals surface area contributed by atoms with Crippen LogP contribution in [-0.2, 0) is 4.79 Å². The molecule has 0 bridgehead atoms. The zero-order valence-corrected chi connectivity index (χ0v) is 10.0. The Morgan fingerprint density at radius 3 is 2.88 bits per heavy atom. The Morgan fingerprint density at radius 1 is 1.56 bits per heavy atom. The van der Waals surface area contributed by atoms with E-state index in [2.05, 4.69) is 12.6 Å². The minimum absolute atomic E-state index is 0.0122. The van der Waals surface area contributed by atoms with Crippen molar-refractivity contribution in [3.05, 3.63) is 29.6 Å². The molecule has 1 aliphatic rings. The zero-order chi connectivity index (χ0) is 11.7. The smallest absolute Gasteiger partial charge is 0.227 e. The molecule has 4 heteroatoms. The third-order valence-corrected chi connectivity index (χ3v) is 3.37. The first-order chi connectivity index (χ1) is 7.61. The summed E-state index contributed by atoms with van der Waals surface area (Å²) in [5, 5.41) is 0. The first kappa shape index (κ1) is 11.5. The van der Waals surface area contributed by atoms with Gasteiger partial charge in [-0.1, -0.05) is 6.07 Å². The van der Waals surface area contributed by atoms with E-state index in [0.29, 0.717) is 24.4 Å². The molecule has 2 nitrogen and oxygen atoms in total. The molecule has 1 atom stereocenters. The minimum atomic E-state index is -0.326. The van der Waals surface area contributed by atoms with Crippen LogP contribution in [0.5, 0.6) is 0 Å². The van der Waals surface area contributed by atoms with Gasteiger partial charge in [-0.2, -0.15) is 12.6 Å². The Bertz CT molecular complexity index is 421. The fraction of sp³-hybridized carbons (Fsp3) is 0.417. The highest BCUT2D eigenvalue weighted by molar-refractivity contribution is 7.80. The number of thiol groups is 1. The maximum Gasteiger partial charge on any atom is 0.227 e. The van der Waals surface area contributed by atoms with E-state index < -0.39 is 0 Å². The third-order valence-electron chi connectivity index (χ3n) is 2.86. The van der Waals surface area contributed by atoms with Crippen molar-refractivity contribution in [1.82, 2.24) is 0 Å². The molecule has 1 unspecified atom stereocenters. The predicted octanol–water partition coefficient (Wildman–Crippen LogP) is 2.42. The molecule has 1 amide bonds. The van der Waals surface area contributed by atoms with Crippen molar-refractivity contribution < 1.29 is 9.18 Å². The molecule has 2 rings (SSSR count). The number of nitrogens with zero attached hydrogens (tertiary/aromatic N) is 1. The monoisotopic (exact) mass is 239 g/mol. The summed E-state index contributed by atoms with van der Waals surface area (Å²) in [4.78, 5) is 13.2. The van der Waals surface area contributed by atoms with Crippen molar-refractivity contribution >= 4 is 24.2 Å². The summed E-state index contributed by atoms with van der Waals surface area (Å²) >= 11 is 4.18. The lowest BCUT2D eigenvalue weighted by atomic mass is 10.1. The SMILES string of the molecule is Cc1ccc(N2CC(CS)CC2=O)c(F)c1. The number of carbonyl (C=O) groups is 1. The average molecular weight is 239 g/mol. The Hall–Kier alpha value is -1.03. The summed E-state index contributed by atoms with van der Waals surface area (Å²) in [7, 11) is 0. The van der Waals surface area contributed by atoms with Gasteiger partial charge in [-0.05, 0) is 36.3 Å². The van der Waals surface area contributed by atoms with Crippen molar-refractivity contribution in [3.8, 4) is 0 Å². The molecule has 1 aromatic rings. The van der Waals surface area contributed by atoms with Gasteiger partial charge in [-0.25, -0.2) is 4.39 Å². The number of benzene rings is 1. The Morgan fingerprint density at radius 2 is 2.31 bits per heavy atom. The second-order valence-electron chi connectivity index (χ2n) is 4.21. The Balaban J connectivity index is 2.28. The zero-order valence-electron chi connectivity index (χ0n) is 9.11. The summed E-state index contributed by atoms with van der Waals surface area (Å²) in [6, 6.07) is 4.94. The van der Waals surface area contributed by atoms with Crippen molar-refractivity contribution in [2.45, 2.75) is 13.3 Å². The molecule has 1 saturated heterocycles. The topological polar surface area (TPSA) is 20.3 Å². The van der Waals surface area contributed by atoms with Gasteiger partial charge in [0.15, 0.2) is 0 Å². The van der Waals surface area contributed by atoms with E-state index in [1.807, 2.05) is 13.0 Å². The van der Waals surface area contributed by atoms with Crippen LogP contribution in [0.25, 0.3) is 0 Å². The molecule has 0 spiro atoms. The summed E-state index contributed by atoms with van der Waals surface area (Å²) in [6.45, 7) is 2.40. The predicted molar refractivity (Wildman–Crippen MR) is 65.5 cm³/mol. The first-order valence-corrected chi connectivity index (χ1v) is 5.92. The van der Waals surface area contributed by atoms with Crippen LogP contribution < -0.4 is 4.90 Å². The lowest BCUT2D eigenvalue weighted by molar-refractivity contribution is -0.117. The van der Waals surface area contributed by atoms with Crippen molar-refractivity contribution in [2.75, 3.05) is 17.2 Å². The van der Waals surface area contributed by atoms with Crippen LogP contribution in [0.4, 0.5) is 10.1 Å². The molecule has 0 aromatic heterocycles. The van der Waals surface area contributed by atoms with E-state index in [9.17, 15) is 9.18 Å². The van der Waals surface area contributed by atoms with Gasteiger partial charge >= 0.3 is 0 Å². The molecule has 0 N–H and O–H groups in total. The molecule has 16 heavy (non-hydrogen) atoms. The first-order valence-electron chi connectivity index (χ1n) is 5.29. The van der Waals surface area contributed by atoms with E-state index in [1.165, 1.54) is 11.0 Å². The van der Waals surface area contributed by atoms with Crippen molar-refractivity contribution in [2.24, 2.45) is 5.92 Å². The van der Waals surface area contributed by atoms with Gasteiger partial charge in [0, 0.05) is 13.0 Å². The van der Waals surface area contributed by atoms with Crippen molar-refractivity contribution in [1.29, 1.82) is 0 Å². The lowest BCUT2D eigenvalue weighted by Crippen LogP contribution is -2.25. The molecule has 86 valence electrons. The number of halogens is 1. The van der Waals surface area contributed by atoms with Crippen LogP contribution in [0.3, 0.4) is 0 Å². The number of rotatable bonds is 2. The average Bonchev–Trinajstić information content (AvgIpc) is 2.60. The highest BCUT2D eigenvalue weighted by Gasteiger charge is 2.30. The number of anilines is 1. The van der Waals surface area contributed by atoms with Gasteiger partial charge in [-0.15, -0.1) is 0 Å². The molecule has 1 heterocycles. The lowest BCUT2D eigenvalue weighted by Gasteiger charge is -2.17. The minimum Gasteiger partial charge on any atom is -0.309 e. The third kappa shape index (κ3) is 2.07. The highest BCUT2D eigenvalue weighted by Crippen LogP contribution is 2.28. The number of amides is 1. The molecule has 1 aromatic carbocycles. The maximum atomic E-state index is 13.7. The second-order valence-corrected chi connectivity index (χ2v) is 4.58. The van der Waals surface area contributed by atoms with Crippen LogP contribution in [0.2, 0.25) is 0 Å². The van der Waals surface area contributed by atoms with Gasteiger partial charge in [0.2, 0.25) is 5.91 Å². The van der Waals surface area contributed by atoms with Crippen LogP contribution >= 0.6 is 12.6 Å². The quantitative estimate of drug-likeness (QED) is 0.786. The van der Waals surface area contributed by atoms with Gasteiger partial charge < -0.3 is 4.90 Å². The van der Waals surface area contributed by atoms with E-state index in [4.69, 9.17) is 0 Å². The largest absolute Gasteiger partial charge is 0.309 e. The standard InChI is InChI=1S/C12H14FNOS/c1-8-2-3-11(10(13)4-8)14-6-9(7-16)5-12(14)15/h2-4,9,16H,5-7H2,1H3. The van der Waals surface area contributed by atoms with Gasteiger partial charge in [-0.3, -0.25) is 4.79 Å². The van der Waals surface area contributed by atoms with Crippen molar-refractivity contribution in [3.63, 3.8) is 0 Å². The molecule has 1 fully saturated rings. The fourth-order valence-corrected chi connectivity index (χ4v) is 2.21. The van der Waals surface area contributed by atoms with Gasteiger partial charge in [0.1, 0.15) is 5.82 Å². The van der Waals surface area contributed by atoms with Crippen LogP contribution in [0.15, 0.2) is 18.2 Å². The summed E-state index contributed by atoms with van der Waals surface area (Å²) in [6.07, 6.45) is 0.469. The molecule has 0 radical (unpaired) electrons. The van der Waals surface area contributed by atoms with E-state index >= 15 is 0 Å². The number of carbonyl (C=O) groups excluding carboxylic acids is 1. The molecule has 1 aliphatic heterocycles. The van der Waals surface area contributed by atoms with Gasteiger partial charge in [0.05, 0.1) is 5.69 Å². The van der Waals surface area contributed by atoms with E-state index in [0.717, 1.165) is 5.56 Å². The van der Waals surface area contributed by atoms with Gasteiger partial charge in [0.25, 0.3) is 0 Å². The summed E-state index contributed by atoms with van der Waals surface area (Å²) < 4.78 is 13.7. The van der Waals surface area contributed by atoms with E-state index in [-0.39, 0.29) is 17.6 Å². The number of hydrogen-bond acceptors (Lipinski definition) is 2. The Kier molecular flexibility index (Phi) is 3.19. The Labute approximate surface area is 99.9 Å². The van der Waals surface area contributed by atoms with Crippen LogP contribution in [0.1, 0.15) is 12.0 Å². The highest BCUT2D eigenvalue weighted by atomic mass is 32.1. The molecule has 0 aliphatic carbocycles. The molecule has 0 saturated carbocycles. The summed E-state index contributed by atoms with van der Waals surface area (Å²) in [5.74, 6) is 0.557.